The van der Waals surface area contributed by atoms with Crippen LogP contribution in [0, 0.1) is 18.3 Å². The first kappa shape index (κ1) is 12.5. The minimum Gasteiger partial charge on any atom is -0.496 e. The van der Waals surface area contributed by atoms with E-state index in [0.717, 1.165) is 17.7 Å². The minimum absolute atomic E-state index is 0.175. The van der Waals surface area contributed by atoms with Gasteiger partial charge in [-0.05, 0) is 26.5 Å². The Balaban J connectivity index is 2.98. The number of nitrogens with zero attached hydrogens (tertiary/aromatic N) is 1. The summed E-state index contributed by atoms with van der Waals surface area (Å²) in [4.78, 5) is 0. The van der Waals surface area contributed by atoms with Crippen LogP contribution < -0.4 is 10.1 Å². The van der Waals surface area contributed by atoms with Gasteiger partial charge in [0.1, 0.15) is 5.75 Å². The SMILES string of the molecule is CNC(CCC#N)c1cc(C)ccc1OC. The standard InChI is InChI=1S/C13H18N2O/c1-10-6-7-13(16-3)11(9-10)12(15-2)5-4-8-14/h6-7,9,12,15H,4-5H2,1-3H3. The number of benzene rings is 1. The average Bonchev–Trinajstić information content (AvgIpc) is 2.30. The maximum atomic E-state index is 8.63. The van der Waals surface area contributed by atoms with Crippen molar-refractivity contribution in [3.63, 3.8) is 0 Å². The van der Waals surface area contributed by atoms with Crippen LogP contribution in [0.5, 0.6) is 5.75 Å². The Morgan fingerprint density at radius 3 is 2.81 bits per heavy atom. The van der Waals surface area contributed by atoms with E-state index in [4.69, 9.17) is 10.00 Å². The quantitative estimate of drug-likeness (QED) is 0.826. The van der Waals surface area contributed by atoms with Crippen LogP contribution in [0.1, 0.15) is 30.0 Å². The fraction of sp³-hybridized carbons (Fsp3) is 0.462. The first-order valence-electron chi connectivity index (χ1n) is 5.41. The predicted octanol–water partition coefficient (Wildman–Crippen LogP) is 2.57. The molecule has 1 aromatic rings. The molecule has 3 heteroatoms. The van der Waals surface area contributed by atoms with E-state index < -0.39 is 0 Å². The summed E-state index contributed by atoms with van der Waals surface area (Å²) in [7, 11) is 3.58. The van der Waals surface area contributed by atoms with Crippen molar-refractivity contribution < 1.29 is 4.74 Å². The van der Waals surface area contributed by atoms with Crippen molar-refractivity contribution in [2.45, 2.75) is 25.8 Å². The van der Waals surface area contributed by atoms with Crippen LogP contribution in [-0.2, 0) is 0 Å². The second-order valence-electron chi connectivity index (χ2n) is 3.78. The highest BCUT2D eigenvalue weighted by molar-refractivity contribution is 5.39. The summed E-state index contributed by atoms with van der Waals surface area (Å²) >= 11 is 0. The van der Waals surface area contributed by atoms with Gasteiger partial charge in [0.2, 0.25) is 0 Å². The fourth-order valence-corrected chi connectivity index (χ4v) is 1.79. The number of ether oxygens (including phenoxy) is 1. The molecule has 16 heavy (non-hydrogen) atoms. The van der Waals surface area contributed by atoms with Gasteiger partial charge in [-0.25, -0.2) is 0 Å². The Morgan fingerprint density at radius 2 is 2.25 bits per heavy atom. The molecular formula is C13H18N2O. The summed E-state index contributed by atoms with van der Waals surface area (Å²) in [6, 6.07) is 8.46. The summed E-state index contributed by atoms with van der Waals surface area (Å²) in [6.07, 6.45) is 1.34. The minimum atomic E-state index is 0.175. The highest BCUT2D eigenvalue weighted by atomic mass is 16.5. The number of hydrogen-bond donors (Lipinski definition) is 1. The molecule has 86 valence electrons. The topological polar surface area (TPSA) is 45.0 Å². The molecule has 0 aliphatic heterocycles. The molecule has 1 aromatic carbocycles. The van der Waals surface area contributed by atoms with E-state index in [1.165, 1.54) is 5.56 Å². The Morgan fingerprint density at radius 1 is 1.50 bits per heavy atom. The van der Waals surface area contributed by atoms with Crippen molar-refractivity contribution in [3.8, 4) is 11.8 Å². The lowest BCUT2D eigenvalue weighted by Gasteiger charge is -2.18. The Bertz CT molecular complexity index is 382. The monoisotopic (exact) mass is 218 g/mol. The number of methoxy groups -OCH3 is 1. The Kier molecular flexibility index (Phi) is 4.81. The third-order valence-corrected chi connectivity index (χ3v) is 2.65. The van der Waals surface area contributed by atoms with Crippen LogP contribution in [0.2, 0.25) is 0 Å². The van der Waals surface area contributed by atoms with Crippen LogP contribution >= 0.6 is 0 Å². The smallest absolute Gasteiger partial charge is 0.123 e. The van der Waals surface area contributed by atoms with Gasteiger partial charge in [0, 0.05) is 18.0 Å². The number of rotatable bonds is 5. The van der Waals surface area contributed by atoms with Crippen molar-refractivity contribution in [1.82, 2.24) is 5.32 Å². The second kappa shape index (κ2) is 6.14. The molecule has 0 amide bonds. The van der Waals surface area contributed by atoms with Crippen LogP contribution in [0.25, 0.3) is 0 Å². The lowest BCUT2D eigenvalue weighted by Crippen LogP contribution is -2.17. The van der Waals surface area contributed by atoms with E-state index in [1.54, 1.807) is 7.11 Å². The van der Waals surface area contributed by atoms with E-state index in [0.29, 0.717) is 6.42 Å². The Hall–Kier alpha value is -1.53. The summed E-state index contributed by atoms with van der Waals surface area (Å²) in [5.41, 5.74) is 2.33. The molecule has 0 fully saturated rings. The molecule has 1 N–H and O–H groups in total. The van der Waals surface area contributed by atoms with Crippen LogP contribution in [0.15, 0.2) is 18.2 Å². The van der Waals surface area contributed by atoms with Gasteiger partial charge in [0.25, 0.3) is 0 Å². The fourth-order valence-electron chi connectivity index (χ4n) is 1.79. The third kappa shape index (κ3) is 2.98. The molecule has 0 saturated heterocycles. The molecule has 1 rings (SSSR count). The lowest BCUT2D eigenvalue weighted by molar-refractivity contribution is 0.399. The zero-order valence-electron chi connectivity index (χ0n) is 10.1. The van der Waals surface area contributed by atoms with Crippen molar-refractivity contribution in [2.75, 3.05) is 14.2 Å². The van der Waals surface area contributed by atoms with Gasteiger partial charge in [0.05, 0.1) is 13.2 Å². The molecule has 1 atom stereocenters. The summed E-state index contributed by atoms with van der Waals surface area (Å²) < 4.78 is 5.34. The molecule has 0 aliphatic carbocycles. The third-order valence-electron chi connectivity index (χ3n) is 2.65. The van der Waals surface area contributed by atoms with E-state index in [9.17, 15) is 0 Å². The molecule has 0 spiro atoms. The lowest BCUT2D eigenvalue weighted by atomic mass is 9.99. The van der Waals surface area contributed by atoms with Crippen molar-refractivity contribution >= 4 is 0 Å². The van der Waals surface area contributed by atoms with Gasteiger partial charge in [-0.1, -0.05) is 17.7 Å². The van der Waals surface area contributed by atoms with Crippen LogP contribution in [0.3, 0.4) is 0 Å². The maximum Gasteiger partial charge on any atom is 0.123 e. The average molecular weight is 218 g/mol. The Labute approximate surface area is 97.0 Å². The van der Waals surface area contributed by atoms with E-state index in [-0.39, 0.29) is 6.04 Å². The molecule has 0 bridgehead atoms. The van der Waals surface area contributed by atoms with Gasteiger partial charge >= 0.3 is 0 Å². The maximum absolute atomic E-state index is 8.63. The molecule has 0 heterocycles. The second-order valence-corrected chi connectivity index (χ2v) is 3.78. The predicted molar refractivity (Wildman–Crippen MR) is 64.4 cm³/mol. The van der Waals surface area contributed by atoms with Gasteiger partial charge in [-0.3, -0.25) is 0 Å². The van der Waals surface area contributed by atoms with Gasteiger partial charge in [-0.15, -0.1) is 0 Å². The molecule has 0 aliphatic rings. The molecule has 0 aromatic heterocycles. The zero-order chi connectivity index (χ0) is 12.0. The van der Waals surface area contributed by atoms with Crippen molar-refractivity contribution in [1.29, 1.82) is 5.26 Å². The van der Waals surface area contributed by atoms with Gasteiger partial charge in [0.15, 0.2) is 0 Å². The molecule has 0 radical (unpaired) electrons. The normalized spacial score (nSPS) is 11.9. The number of nitrogens with one attached hydrogen (secondary N) is 1. The van der Waals surface area contributed by atoms with Crippen LogP contribution in [0.4, 0.5) is 0 Å². The molecule has 1 unspecified atom stereocenters. The highest BCUT2D eigenvalue weighted by Gasteiger charge is 2.13. The molecular weight excluding hydrogens is 200 g/mol. The number of hydrogen-bond acceptors (Lipinski definition) is 3. The van der Waals surface area contributed by atoms with E-state index >= 15 is 0 Å². The molecule has 3 nitrogen and oxygen atoms in total. The van der Waals surface area contributed by atoms with E-state index in [1.807, 2.05) is 19.2 Å². The van der Waals surface area contributed by atoms with Crippen molar-refractivity contribution in [3.05, 3.63) is 29.3 Å². The van der Waals surface area contributed by atoms with Crippen molar-refractivity contribution in [2.24, 2.45) is 0 Å². The first-order chi connectivity index (χ1) is 7.72. The first-order valence-corrected chi connectivity index (χ1v) is 5.41. The van der Waals surface area contributed by atoms with E-state index in [2.05, 4.69) is 24.4 Å². The van der Waals surface area contributed by atoms with Gasteiger partial charge < -0.3 is 10.1 Å². The summed E-state index contributed by atoms with van der Waals surface area (Å²) in [6.45, 7) is 2.06. The number of aryl methyl sites for hydroxylation is 1. The molecule has 0 saturated carbocycles. The van der Waals surface area contributed by atoms with Crippen LogP contribution in [-0.4, -0.2) is 14.2 Å². The zero-order valence-corrected chi connectivity index (χ0v) is 10.1. The number of nitriles is 1. The largest absolute Gasteiger partial charge is 0.496 e. The summed E-state index contributed by atoms with van der Waals surface area (Å²) in [5, 5.41) is 11.9. The summed E-state index contributed by atoms with van der Waals surface area (Å²) in [5.74, 6) is 0.878. The van der Waals surface area contributed by atoms with Gasteiger partial charge in [-0.2, -0.15) is 5.26 Å². The highest BCUT2D eigenvalue weighted by Crippen LogP contribution is 2.28.